The van der Waals surface area contributed by atoms with Gasteiger partial charge in [0.2, 0.25) is 0 Å². The Hall–Kier alpha value is -2.31. The van der Waals surface area contributed by atoms with Crippen LogP contribution >= 0.6 is 24.0 Å². The van der Waals surface area contributed by atoms with Crippen LogP contribution in [0.25, 0.3) is 6.08 Å². The van der Waals surface area contributed by atoms with Gasteiger partial charge in [0.05, 0.1) is 10.6 Å². The van der Waals surface area contributed by atoms with Crippen molar-refractivity contribution in [2.24, 2.45) is 0 Å². The molecular formula is C18H17N3OS2. The lowest BCUT2D eigenvalue weighted by molar-refractivity contribution is -0.121. The van der Waals surface area contributed by atoms with Crippen molar-refractivity contribution in [3.63, 3.8) is 0 Å². The second kappa shape index (κ2) is 7.07. The summed E-state index contributed by atoms with van der Waals surface area (Å²) in [5.41, 5.74) is 5.97. The van der Waals surface area contributed by atoms with Crippen LogP contribution in [0.5, 0.6) is 0 Å². The monoisotopic (exact) mass is 355 g/mol. The molecule has 1 saturated heterocycles. The molecule has 0 atom stereocenters. The molecule has 1 amide bonds. The fraction of sp³-hybridized carbons (Fsp3) is 0.111. The highest BCUT2D eigenvalue weighted by Crippen LogP contribution is 2.32. The summed E-state index contributed by atoms with van der Waals surface area (Å²) in [6.45, 7) is 0. The Bertz CT molecular complexity index is 786. The van der Waals surface area contributed by atoms with Crippen molar-refractivity contribution < 1.29 is 4.79 Å². The van der Waals surface area contributed by atoms with E-state index < -0.39 is 0 Å². The van der Waals surface area contributed by atoms with Crippen LogP contribution in [-0.4, -0.2) is 29.3 Å². The van der Waals surface area contributed by atoms with Gasteiger partial charge in [-0.15, -0.1) is 0 Å². The van der Waals surface area contributed by atoms with E-state index >= 15 is 0 Å². The molecule has 0 radical (unpaired) electrons. The van der Waals surface area contributed by atoms with Gasteiger partial charge in [0.25, 0.3) is 5.91 Å². The average Bonchev–Trinajstić information content (AvgIpc) is 2.84. The number of carbonyl (C=O) groups is 1. The summed E-state index contributed by atoms with van der Waals surface area (Å²) in [6, 6.07) is 17.5. The second-order valence-corrected chi connectivity index (χ2v) is 7.16. The minimum absolute atomic E-state index is 0.134. The zero-order chi connectivity index (χ0) is 17.1. The molecule has 2 aromatic rings. The summed E-state index contributed by atoms with van der Waals surface area (Å²) in [7, 11) is 3.99. The van der Waals surface area contributed by atoms with Gasteiger partial charge in [-0.2, -0.15) is 0 Å². The molecule has 0 aromatic heterocycles. The van der Waals surface area contributed by atoms with E-state index in [0.717, 1.165) is 16.9 Å². The van der Waals surface area contributed by atoms with E-state index in [0.29, 0.717) is 9.23 Å². The van der Waals surface area contributed by atoms with Crippen molar-refractivity contribution in [3.05, 3.63) is 65.1 Å². The first-order chi connectivity index (χ1) is 11.5. The number of hydrazine groups is 1. The second-order valence-electron chi connectivity index (χ2n) is 5.48. The zero-order valence-corrected chi connectivity index (χ0v) is 15.0. The quantitative estimate of drug-likeness (QED) is 0.663. The van der Waals surface area contributed by atoms with Gasteiger partial charge in [0, 0.05) is 19.8 Å². The number of thiocarbonyl (C=S) groups is 1. The van der Waals surface area contributed by atoms with Gasteiger partial charge in [-0.25, -0.2) is 5.01 Å². The summed E-state index contributed by atoms with van der Waals surface area (Å²) < 4.78 is 0.500. The number of carbonyl (C=O) groups excluding carboxylic acids is 1. The molecule has 0 saturated carbocycles. The lowest BCUT2D eigenvalue weighted by Gasteiger charge is -2.16. The van der Waals surface area contributed by atoms with Crippen LogP contribution in [0.2, 0.25) is 0 Å². The highest BCUT2D eigenvalue weighted by atomic mass is 32.2. The Morgan fingerprint density at radius 3 is 2.38 bits per heavy atom. The maximum Gasteiger partial charge on any atom is 0.285 e. The van der Waals surface area contributed by atoms with E-state index in [1.54, 1.807) is 0 Å². The van der Waals surface area contributed by atoms with Gasteiger partial charge in [0.1, 0.15) is 0 Å². The third-order valence-corrected chi connectivity index (χ3v) is 4.82. The van der Waals surface area contributed by atoms with Gasteiger partial charge in [-0.3, -0.25) is 10.2 Å². The molecule has 2 aromatic carbocycles. The SMILES string of the molecule is CN(C)c1ccc(/C=C2/SC(=S)N(Nc3ccccc3)C2=O)cc1. The molecule has 4 nitrogen and oxygen atoms in total. The Labute approximate surface area is 151 Å². The number of amides is 1. The molecule has 3 rings (SSSR count). The third kappa shape index (κ3) is 3.60. The van der Waals surface area contributed by atoms with E-state index in [2.05, 4.69) is 5.43 Å². The van der Waals surface area contributed by atoms with Crippen LogP contribution in [0.1, 0.15) is 5.56 Å². The van der Waals surface area contributed by atoms with Crippen LogP contribution in [-0.2, 0) is 4.79 Å². The maximum absolute atomic E-state index is 12.6. The molecule has 24 heavy (non-hydrogen) atoms. The summed E-state index contributed by atoms with van der Waals surface area (Å²) >= 11 is 6.63. The summed E-state index contributed by atoms with van der Waals surface area (Å²) in [5, 5.41) is 1.41. The van der Waals surface area contributed by atoms with Crippen molar-refractivity contribution in [1.82, 2.24) is 5.01 Å². The maximum atomic E-state index is 12.6. The largest absolute Gasteiger partial charge is 0.378 e. The van der Waals surface area contributed by atoms with Crippen LogP contribution in [0, 0.1) is 0 Å². The predicted octanol–water partition coefficient (Wildman–Crippen LogP) is 3.98. The number of thioether (sulfide) groups is 1. The first-order valence-electron chi connectivity index (χ1n) is 7.41. The van der Waals surface area contributed by atoms with Gasteiger partial charge in [-0.05, 0) is 48.1 Å². The lowest BCUT2D eigenvalue weighted by atomic mass is 10.2. The third-order valence-electron chi connectivity index (χ3n) is 3.52. The highest BCUT2D eigenvalue weighted by molar-refractivity contribution is 8.26. The molecule has 1 N–H and O–H groups in total. The van der Waals surface area contributed by atoms with Gasteiger partial charge >= 0.3 is 0 Å². The Balaban J connectivity index is 1.78. The minimum atomic E-state index is -0.134. The van der Waals surface area contributed by atoms with Gasteiger partial charge in [0.15, 0.2) is 4.32 Å². The number of para-hydroxylation sites is 1. The van der Waals surface area contributed by atoms with Crippen LogP contribution in [0.15, 0.2) is 59.5 Å². The fourth-order valence-corrected chi connectivity index (χ4v) is 3.41. The van der Waals surface area contributed by atoms with E-state index in [1.807, 2.05) is 79.7 Å². The van der Waals surface area contributed by atoms with Crippen molar-refractivity contribution >= 4 is 51.7 Å². The predicted molar refractivity (Wildman–Crippen MR) is 106 cm³/mol. The van der Waals surface area contributed by atoms with E-state index in [9.17, 15) is 4.79 Å². The van der Waals surface area contributed by atoms with Crippen molar-refractivity contribution in [2.45, 2.75) is 0 Å². The molecule has 0 bridgehead atoms. The minimum Gasteiger partial charge on any atom is -0.378 e. The van der Waals surface area contributed by atoms with E-state index in [-0.39, 0.29) is 5.91 Å². The topological polar surface area (TPSA) is 35.6 Å². The van der Waals surface area contributed by atoms with E-state index in [1.165, 1.54) is 16.8 Å². The van der Waals surface area contributed by atoms with Gasteiger partial charge < -0.3 is 4.90 Å². The first-order valence-corrected chi connectivity index (χ1v) is 8.64. The summed E-state index contributed by atoms with van der Waals surface area (Å²) in [6.07, 6.45) is 1.87. The van der Waals surface area contributed by atoms with Crippen LogP contribution in [0.3, 0.4) is 0 Å². The number of benzene rings is 2. The highest BCUT2D eigenvalue weighted by Gasteiger charge is 2.32. The molecular weight excluding hydrogens is 338 g/mol. The zero-order valence-electron chi connectivity index (χ0n) is 13.4. The van der Waals surface area contributed by atoms with Crippen molar-refractivity contribution in [2.75, 3.05) is 24.4 Å². The number of nitrogens with one attached hydrogen (secondary N) is 1. The molecule has 0 spiro atoms. The molecule has 1 heterocycles. The molecule has 0 unspecified atom stereocenters. The molecule has 0 aliphatic carbocycles. The lowest BCUT2D eigenvalue weighted by Crippen LogP contribution is -2.33. The van der Waals surface area contributed by atoms with Gasteiger partial charge in [-0.1, -0.05) is 42.1 Å². The Morgan fingerprint density at radius 1 is 1.08 bits per heavy atom. The van der Waals surface area contributed by atoms with Crippen LogP contribution < -0.4 is 10.3 Å². The van der Waals surface area contributed by atoms with Crippen molar-refractivity contribution in [1.29, 1.82) is 0 Å². The molecule has 122 valence electrons. The standard InChI is InChI=1S/C18H17N3OS2/c1-20(2)15-10-8-13(9-11-15)12-16-17(22)21(18(23)24-16)19-14-6-4-3-5-7-14/h3-12,19H,1-2H3/b16-12+. The van der Waals surface area contributed by atoms with Crippen molar-refractivity contribution in [3.8, 4) is 0 Å². The Kier molecular flexibility index (Phi) is 4.87. The molecule has 1 aliphatic rings. The van der Waals surface area contributed by atoms with E-state index in [4.69, 9.17) is 12.2 Å². The number of hydrogen-bond donors (Lipinski definition) is 1. The molecule has 6 heteroatoms. The molecule has 1 fully saturated rings. The first kappa shape index (κ1) is 16.5. The number of hydrogen-bond acceptors (Lipinski definition) is 5. The van der Waals surface area contributed by atoms with Crippen LogP contribution in [0.4, 0.5) is 11.4 Å². The average molecular weight is 355 g/mol. The smallest absolute Gasteiger partial charge is 0.285 e. The number of rotatable bonds is 4. The summed E-state index contributed by atoms with van der Waals surface area (Å²) in [5.74, 6) is -0.134. The molecule has 1 aliphatic heterocycles. The Morgan fingerprint density at radius 2 is 1.75 bits per heavy atom. The number of anilines is 2. The fourth-order valence-electron chi connectivity index (χ4n) is 2.23. The number of nitrogens with zero attached hydrogens (tertiary/aromatic N) is 2. The summed E-state index contributed by atoms with van der Waals surface area (Å²) in [4.78, 5) is 15.2. The normalized spacial score (nSPS) is 15.9.